The first-order valence-electron chi connectivity index (χ1n) is 6.89. The van der Waals surface area contributed by atoms with Gasteiger partial charge >= 0.3 is 0 Å². The van der Waals surface area contributed by atoms with Gasteiger partial charge in [-0.15, -0.1) is 0 Å². The molecule has 0 saturated heterocycles. The molecular formula is C17H16ClNO2. The van der Waals surface area contributed by atoms with Crippen molar-refractivity contribution in [2.45, 2.75) is 20.0 Å². The Morgan fingerprint density at radius 2 is 2.05 bits per heavy atom. The van der Waals surface area contributed by atoms with Crippen LogP contribution in [0.2, 0.25) is 5.02 Å². The fourth-order valence-corrected chi connectivity index (χ4v) is 2.37. The van der Waals surface area contributed by atoms with Crippen LogP contribution in [0.25, 0.3) is 0 Å². The molecule has 0 saturated carbocycles. The van der Waals surface area contributed by atoms with Gasteiger partial charge in [-0.05, 0) is 53.9 Å². The van der Waals surface area contributed by atoms with Gasteiger partial charge in [0.2, 0.25) is 0 Å². The van der Waals surface area contributed by atoms with Gasteiger partial charge < -0.3 is 9.57 Å². The molecule has 21 heavy (non-hydrogen) atoms. The predicted molar refractivity (Wildman–Crippen MR) is 84.1 cm³/mol. The number of fused-ring (bicyclic) bond motifs is 1. The quantitative estimate of drug-likeness (QED) is 0.625. The average Bonchev–Trinajstić information content (AvgIpc) is 2.96. The van der Waals surface area contributed by atoms with E-state index in [-0.39, 0.29) is 0 Å². The Labute approximate surface area is 129 Å². The van der Waals surface area contributed by atoms with Gasteiger partial charge in [-0.2, -0.15) is 0 Å². The average molecular weight is 302 g/mol. The Morgan fingerprint density at radius 1 is 1.24 bits per heavy atom. The van der Waals surface area contributed by atoms with E-state index in [2.05, 4.69) is 11.2 Å². The maximum absolute atomic E-state index is 5.84. The van der Waals surface area contributed by atoms with Gasteiger partial charge in [0.15, 0.2) is 0 Å². The number of benzene rings is 2. The van der Waals surface area contributed by atoms with Crippen LogP contribution in [0.15, 0.2) is 47.6 Å². The minimum Gasteiger partial charge on any atom is -0.493 e. The number of oxime groups is 1. The fraction of sp³-hybridized carbons (Fsp3) is 0.235. The van der Waals surface area contributed by atoms with Gasteiger partial charge in [-0.25, -0.2) is 0 Å². The van der Waals surface area contributed by atoms with Crippen LogP contribution >= 0.6 is 11.6 Å². The zero-order valence-electron chi connectivity index (χ0n) is 11.8. The van der Waals surface area contributed by atoms with Gasteiger partial charge in [0.25, 0.3) is 0 Å². The summed E-state index contributed by atoms with van der Waals surface area (Å²) >= 11 is 5.84. The molecule has 0 fully saturated rings. The Morgan fingerprint density at radius 3 is 2.86 bits per heavy atom. The Kier molecular flexibility index (Phi) is 4.11. The zero-order valence-corrected chi connectivity index (χ0v) is 12.6. The van der Waals surface area contributed by atoms with Crippen molar-refractivity contribution >= 4 is 17.3 Å². The van der Waals surface area contributed by atoms with Crippen molar-refractivity contribution in [3.63, 3.8) is 0 Å². The van der Waals surface area contributed by atoms with Crippen LogP contribution in [0.3, 0.4) is 0 Å². The zero-order chi connectivity index (χ0) is 14.7. The summed E-state index contributed by atoms with van der Waals surface area (Å²) in [6, 6.07) is 13.7. The molecule has 1 aliphatic rings. The van der Waals surface area contributed by atoms with Gasteiger partial charge in [-0.3, -0.25) is 0 Å². The number of hydrogen-bond donors (Lipinski definition) is 0. The molecule has 0 radical (unpaired) electrons. The number of rotatable bonds is 4. The highest BCUT2D eigenvalue weighted by molar-refractivity contribution is 6.30. The molecule has 0 atom stereocenters. The molecule has 1 heterocycles. The molecule has 0 amide bonds. The molecule has 0 aliphatic carbocycles. The highest BCUT2D eigenvalue weighted by Gasteiger charge is 2.12. The third kappa shape index (κ3) is 3.37. The molecule has 1 aliphatic heterocycles. The molecule has 108 valence electrons. The minimum atomic E-state index is 0.433. The Balaban J connectivity index is 1.64. The lowest BCUT2D eigenvalue weighted by atomic mass is 10.1. The van der Waals surface area contributed by atoms with Crippen molar-refractivity contribution in [2.75, 3.05) is 6.61 Å². The summed E-state index contributed by atoms with van der Waals surface area (Å²) in [6.07, 6.45) is 0.960. The van der Waals surface area contributed by atoms with Crippen LogP contribution in [0, 0.1) is 0 Å². The van der Waals surface area contributed by atoms with Crippen LogP contribution in [0.1, 0.15) is 23.6 Å². The van der Waals surface area contributed by atoms with E-state index in [0.717, 1.165) is 40.6 Å². The molecule has 0 bridgehead atoms. The van der Waals surface area contributed by atoms with Crippen LogP contribution < -0.4 is 4.74 Å². The van der Waals surface area contributed by atoms with Gasteiger partial charge in [-0.1, -0.05) is 28.9 Å². The number of nitrogens with zero attached hydrogens (tertiary/aromatic N) is 1. The highest BCUT2D eigenvalue weighted by Crippen LogP contribution is 2.26. The molecule has 4 heteroatoms. The monoisotopic (exact) mass is 301 g/mol. The fourth-order valence-electron chi connectivity index (χ4n) is 2.25. The summed E-state index contributed by atoms with van der Waals surface area (Å²) in [7, 11) is 0. The topological polar surface area (TPSA) is 30.8 Å². The lowest BCUT2D eigenvalue weighted by Crippen LogP contribution is -1.97. The summed E-state index contributed by atoms with van der Waals surface area (Å²) in [4.78, 5) is 5.41. The van der Waals surface area contributed by atoms with Crippen molar-refractivity contribution in [1.29, 1.82) is 0 Å². The third-order valence-electron chi connectivity index (χ3n) is 3.45. The van der Waals surface area contributed by atoms with E-state index in [9.17, 15) is 0 Å². The molecule has 2 aromatic rings. The summed E-state index contributed by atoms with van der Waals surface area (Å²) in [5, 5.41) is 4.90. The van der Waals surface area contributed by atoms with Crippen LogP contribution in [-0.4, -0.2) is 12.3 Å². The molecule has 0 N–H and O–H groups in total. The van der Waals surface area contributed by atoms with E-state index >= 15 is 0 Å². The Hall–Kier alpha value is -2.00. The van der Waals surface area contributed by atoms with Gasteiger partial charge in [0.1, 0.15) is 12.4 Å². The van der Waals surface area contributed by atoms with Crippen LogP contribution in [0.5, 0.6) is 5.75 Å². The van der Waals surface area contributed by atoms with Crippen molar-refractivity contribution in [1.82, 2.24) is 0 Å². The smallest absolute Gasteiger partial charge is 0.142 e. The number of hydrogen-bond acceptors (Lipinski definition) is 3. The maximum atomic E-state index is 5.84. The van der Waals surface area contributed by atoms with E-state index in [4.69, 9.17) is 21.2 Å². The first-order chi connectivity index (χ1) is 10.2. The second-order valence-corrected chi connectivity index (χ2v) is 5.43. The van der Waals surface area contributed by atoms with Crippen molar-refractivity contribution in [2.24, 2.45) is 5.16 Å². The second kappa shape index (κ2) is 6.19. The molecule has 3 nitrogen and oxygen atoms in total. The lowest BCUT2D eigenvalue weighted by molar-refractivity contribution is 0.130. The normalized spacial score (nSPS) is 13.7. The van der Waals surface area contributed by atoms with Crippen LogP contribution in [-0.2, 0) is 17.9 Å². The number of ether oxygens (including phenoxy) is 1. The predicted octanol–water partition coefficient (Wildman–Crippen LogP) is 4.22. The molecular weight excluding hydrogens is 286 g/mol. The van der Waals surface area contributed by atoms with E-state index < -0.39 is 0 Å². The molecule has 3 rings (SSSR count). The van der Waals surface area contributed by atoms with E-state index in [1.165, 1.54) is 5.56 Å². The maximum Gasteiger partial charge on any atom is 0.142 e. The summed E-state index contributed by atoms with van der Waals surface area (Å²) in [5.74, 6) is 0.980. The summed E-state index contributed by atoms with van der Waals surface area (Å²) < 4.78 is 5.50. The minimum absolute atomic E-state index is 0.433. The molecule has 0 spiro atoms. The van der Waals surface area contributed by atoms with E-state index in [0.29, 0.717) is 6.61 Å². The summed E-state index contributed by atoms with van der Waals surface area (Å²) in [6.45, 7) is 3.14. The van der Waals surface area contributed by atoms with E-state index in [1.807, 2.05) is 43.3 Å². The SMILES string of the molecule is C/C(=N/OCc1ccc(Cl)cc1)c1ccc2c(c1)CCO2. The van der Waals surface area contributed by atoms with Crippen molar-refractivity contribution < 1.29 is 9.57 Å². The highest BCUT2D eigenvalue weighted by atomic mass is 35.5. The third-order valence-corrected chi connectivity index (χ3v) is 3.71. The molecule has 0 unspecified atom stereocenters. The first-order valence-corrected chi connectivity index (χ1v) is 7.27. The Bertz CT molecular complexity index is 665. The lowest BCUT2D eigenvalue weighted by Gasteiger charge is -2.05. The first kappa shape index (κ1) is 14.0. The van der Waals surface area contributed by atoms with Crippen molar-refractivity contribution in [3.05, 3.63) is 64.2 Å². The van der Waals surface area contributed by atoms with Gasteiger partial charge in [0, 0.05) is 11.4 Å². The summed E-state index contributed by atoms with van der Waals surface area (Å²) in [5.41, 5.74) is 4.20. The van der Waals surface area contributed by atoms with E-state index in [1.54, 1.807) is 0 Å². The molecule has 2 aromatic carbocycles. The van der Waals surface area contributed by atoms with Crippen molar-refractivity contribution in [3.8, 4) is 5.75 Å². The molecule has 0 aromatic heterocycles. The largest absolute Gasteiger partial charge is 0.493 e. The standard InChI is InChI=1S/C17H16ClNO2/c1-12(14-4-7-17-15(10-14)8-9-20-17)19-21-11-13-2-5-16(18)6-3-13/h2-7,10H,8-9,11H2,1H3/b19-12-. The van der Waals surface area contributed by atoms with Crippen LogP contribution in [0.4, 0.5) is 0 Å². The number of halogens is 1. The second-order valence-electron chi connectivity index (χ2n) is 5.00. The van der Waals surface area contributed by atoms with Gasteiger partial charge in [0.05, 0.1) is 12.3 Å².